The van der Waals surface area contributed by atoms with Crippen LogP contribution in [-0.2, 0) is 11.3 Å². The number of nitrogen functional groups attached to an aromatic ring is 1. The van der Waals surface area contributed by atoms with E-state index in [-0.39, 0.29) is 23.9 Å². The SMILES string of the molecule is CC(C)(C)OC(=O)N1CCCC(c2nn(-c3ccc(OCc4ccccn4)c(Cl)c3)c(C(N)=O)c2N)C1. The van der Waals surface area contributed by atoms with Gasteiger partial charge in [-0.25, -0.2) is 9.48 Å². The first kappa shape index (κ1) is 26.3. The highest BCUT2D eigenvalue weighted by atomic mass is 35.5. The van der Waals surface area contributed by atoms with E-state index in [9.17, 15) is 9.59 Å². The second kappa shape index (κ2) is 10.7. The molecule has 3 aromatic rings. The van der Waals surface area contributed by atoms with Crippen molar-refractivity contribution in [2.75, 3.05) is 18.8 Å². The van der Waals surface area contributed by atoms with Crippen molar-refractivity contribution in [2.45, 2.75) is 51.7 Å². The Labute approximate surface area is 220 Å². The Balaban J connectivity index is 1.58. The number of anilines is 1. The van der Waals surface area contributed by atoms with E-state index < -0.39 is 17.6 Å². The van der Waals surface area contributed by atoms with Gasteiger partial charge in [0.15, 0.2) is 5.69 Å². The van der Waals surface area contributed by atoms with Gasteiger partial charge in [0.2, 0.25) is 0 Å². The molecule has 1 fully saturated rings. The van der Waals surface area contributed by atoms with E-state index in [1.54, 1.807) is 29.3 Å². The number of hydrogen-bond donors (Lipinski definition) is 2. The number of piperidine rings is 1. The lowest BCUT2D eigenvalue weighted by molar-refractivity contribution is 0.0197. The molecule has 2 amide bonds. The number of nitrogens with zero attached hydrogens (tertiary/aromatic N) is 4. The van der Waals surface area contributed by atoms with Gasteiger partial charge >= 0.3 is 6.09 Å². The maximum atomic E-state index is 12.6. The Morgan fingerprint density at radius 3 is 2.65 bits per heavy atom. The zero-order valence-electron chi connectivity index (χ0n) is 21.1. The van der Waals surface area contributed by atoms with E-state index in [0.29, 0.717) is 35.2 Å². The Morgan fingerprint density at radius 2 is 2.00 bits per heavy atom. The monoisotopic (exact) mass is 526 g/mol. The lowest BCUT2D eigenvalue weighted by Gasteiger charge is -2.33. The third-order valence-corrected chi connectivity index (χ3v) is 6.20. The predicted molar refractivity (Wildman–Crippen MR) is 140 cm³/mol. The van der Waals surface area contributed by atoms with Crippen LogP contribution in [0.2, 0.25) is 5.02 Å². The normalized spacial score (nSPS) is 15.9. The Kier molecular flexibility index (Phi) is 7.58. The maximum absolute atomic E-state index is 12.6. The predicted octanol–water partition coefficient (Wildman–Crippen LogP) is 4.30. The molecule has 1 aromatic carbocycles. The number of pyridine rings is 1. The molecule has 11 heteroatoms. The minimum atomic E-state index is -0.720. The van der Waals surface area contributed by atoms with Crippen LogP contribution < -0.4 is 16.2 Å². The van der Waals surface area contributed by atoms with Gasteiger partial charge in [0.25, 0.3) is 5.91 Å². The number of carbonyl (C=O) groups is 2. The van der Waals surface area contributed by atoms with Crippen LogP contribution in [0.5, 0.6) is 5.75 Å². The van der Waals surface area contributed by atoms with Gasteiger partial charge in [-0.3, -0.25) is 9.78 Å². The smallest absolute Gasteiger partial charge is 0.410 e. The fraction of sp³-hybridized carbons (Fsp3) is 0.385. The minimum Gasteiger partial charge on any atom is -0.486 e. The van der Waals surface area contributed by atoms with E-state index in [2.05, 4.69) is 10.1 Å². The number of halogens is 1. The van der Waals surface area contributed by atoms with E-state index >= 15 is 0 Å². The van der Waals surface area contributed by atoms with Gasteiger partial charge in [-0.1, -0.05) is 17.7 Å². The first-order valence-electron chi connectivity index (χ1n) is 12.0. The lowest BCUT2D eigenvalue weighted by Crippen LogP contribution is -2.42. The number of benzene rings is 1. The van der Waals surface area contributed by atoms with Crippen LogP contribution in [0.3, 0.4) is 0 Å². The number of ether oxygens (including phenoxy) is 2. The van der Waals surface area contributed by atoms with Crippen LogP contribution in [0.1, 0.15) is 61.4 Å². The van der Waals surface area contributed by atoms with Crippen molar-refractivity contribution in [3.05, 3.63) is 64.7 Å². The van der Waals surface area contributed by atoms with E-state index in [4.69, 9.17) is 32.5 Å². The summed E-state index contributed by atoms with van der Waals surface area (Å²) in [4.78, 5) is 30.9. The van der Waals surface area contributed by atoms with Crippen LogP contribution in [0, 0.1) is 0 Å². The van der Waals surface area contributed by atoms with Gasteiger partial charge in [-0.15, -0.1) is 0 Å². The largest absolute Gasteiger partial charge is 0.486 e. The molecule has 4 rings (SSSR count). The number of likely N-dealkylation sites (tertiary alicyclic amines) is 1. The highest BCUT2D eigenvalue weighted by molar-refractivity contribution is 6.32. The summed E-state index contributed by atoms with van der Waals surface area (Å²) in [5, 5.41) is 4.99. The Bertz CT molecular complexity index is 1290. The van der Waals surface area contributed by atoms with Gasteiger partial charge < -0.3 is 25.8 Å². The summed E-state index contributed by atoms with van der Waals surface area (Å²) in [6.07, 6.45) is 2.79. The molecule has 0 radical (unpaired) electrons. The molecule has 1 unspecified atom stereocenters. The maximum Gasteiger partial charge on any atom is 0.410 e. The fourth-order valence-corrected chi connectivity index (χ4v) is 4.47. The molecule has 3 heterocycles. The van der Waals surface area contributed by atoms with Gasteiger partial charge in [-0.2, -0.15) is 5.10 Å². The molecule has 2 aromatic heterocycles. The molecule has 10 nitrogen and oxygen atoms in total. The fourth-order valence-electron chi connectivity index (χ4n) is 4.24. The molecule has 1 aliphatic rings. The number of nitrogens with two attached hydrogens (primary N) is 2. The molecule has 1 aliphatic heterocycles. The third kappa shape index (κ3) is 6.14. The summed E-state index contributed by atoms with van der Waals surface area (Å²) < 4.78 is 12.7. The number of rotatable bonds is 6. The standard InChI is InChI=1S/C26H31ClN6O4/c1-26(2,3)37-25(35)32-12-6-7-16(14-32)22-21(28)23(24(29)34)33(31-22)18-9-10-20(19(27)13-18)36-15-17-8-4-5-11-30-17/h4-5,8-11,13,16H,6-7,12,14-15,28H2,1-3H3,(H2,29,34). The highest BCUT2D eigenvalue weighted by Crippen LogP contribution is 2.35. The summed E-state index contributed by atoms with van der Waals surface area (Å²) >= 11 is 6.49. The van der Waals surface area contributed by atoms with Gasteiger partial charge in [-0.05, 0) is 63.9 Å². The van der Waals surface area contributed by atoms with Crippen LogP contribution in [0.25, 0.3) is 5.69 Å². The van der Waals surface area contributed by atoms with Crippen molar-refractivity contribution in [2.24, 2.45) is 5.73 Å². The number of carbonyl (C=O) groups excluding carboxylic acids is 2. The van der Waals surface area contributed by atoms with Crippen LogP contribution in [0.15, 0.2) is 42.6 Å². The number of amides is 2. The Morgan fingerprint density at radius 1 is 1.22 bits per heavy atom. The summed E-state index contributed by atoms with van der Waals surface area (Å²) in [7, 11) is 0. The third-order valence-electron chi connectivity index (χ3n) is 5.91. The summed E-state index contributed by atoms with van der Waals surface area (Å²) in [5.41, 5.74) is 13.5. The van der Waals surface area contributed by atoms with Crippen molar-refractivity contribution >= 4 is 29.3 Å². The number of primary amides is 1. The van der Waals surface area contributed by atoms with E-state index in [0.717, 1.165) is 18.5 Å². The zero-order valence-corrected chi connectivity index (χ0v) is 21.9. The molecular weight excluding hydrogens is 496 g/mol. The van der Waals surface area contributed by atoms with Crippen LogP contribution in [-0.4, -0.2) is 50.4 Å². The van der Waals surface area contributed by atoms with Crippen molar-refractivity contribution in [3.8, 4) is 11.4 Å². The van der Waals surface area contributed by atoms with Gasteiger partial charge in [0.1, 0.15) is 18.0 Å². The van der Waals surface area contributed by atoms with Crippen molar-refractivity contribution < 1.29 is 19.1 Å². The first-order chi connectivity index (χ1) is 17.5. The molecule has 1 saturated heterocycles. The average molecular weight is 527 g/mol. The Hall–Kier alpha value is -3.79. The lowest BCUT2D eigenvalue weighted by atomic mass is 9.94. The molecule has 37 heavy (non-hydrogen) atoms. The zero-order chi connectivity index (χ0) is 26.7. The molecule has 0 bridgehead atoms. The van der Waals surface area contributed by atoms with Crippen molar-refractivity contribution in [1.29, 1.82) is 0 Å². The summed E-state index contributed by atoms with van der Waals surface area (Å²) in [5.74, 6) is -0.447. The highest BCUT2D eigenvalue weighted by Gasteiger charge is 2.33. The first-order valence-corrected chi connectivity index (χ1v) is 12.4. The van der Waals surface area contributed by atoms with Crippen LogP contribution >= 0.6 is 11.6 Å². The van der Waals surface area contributed by atoms with E-state index in [1.807, 2.05) is 39.0 Å². The molecule has 0 aliphatic carbocycles. The molecule has 196 valence electrons. The molecule has 0 spiro atoms. The van der Waals surface area contributed by atoms with Crippen molar-refractivity contribution in [1.82, 2.24) is 19.7 Å². The summed E-state index contributed by atoms with van der Waals surface area (Å²) in [6.45, 7) is 6.67. The van der Waals surface area contributed by atoms with Gasteiger partial charge in [0.05, 0.1) is 27.8 Å². The topological polar surface area (TPSA) is 139 Å². The molecular formula is C26H31ClN6O4. The summed E-state index contributed by atoms with van der Waals surface area (Å²) in [6, 6.07) is 10.6. The molecule has 0 saturated carbocycles. The van der Waals surface area contributed by atoms with Gasteiger partial charge in [0, 0.05) is 25.2 Å². The average Bonchev–Trinajstić information content (AvgIpc) is 3.20. The molecule has 1 atom stereocenters. The minimum absolute atomic E-state index is 0.0580. The molecule has 4 N–H and O–H groups in total. The van der Waals surface area contributed by atoms with Crippen molar-refractivity contribution in [3.63, 3.8) is 0 Å². The second-order valence-electron chi connectivity index (χ2n) is 9.91. The second-order valence-corrected chi connectivity index (χ2v) is 10.3. The van der Waals surface area contributed by atoms with E-state index in [1.165, 1.54) is 4.68 Å². The number of aromatic nitrogens is 3. The quantitative estimate of drug-likeness (QED) is 0.488. The number of hydrogen-bond acceptors (Lipinski definition) is 7. The van der Waals surface area contributed by atoms with Crippen LogP contribution in [0.4, 0.5) is 10.5 Å².